The Morgan fingerprint density at radius 3 is 2.46 bits per heavy atom. The highest BCUT2D eigenvalue weighted by Gasteiger charge is 2.26. The topological polar surface area (TPSA) is 112 Å². The van der Waals surface area contributed by atoms with E-state index in [1.54, 1.807) is 28.0 Å². The molecule has 0 saturated carbocycles. The van der Waals surface area contributed by atoms with Gasteiger partial charge in [0.1, 0.15) is 5.52 Å². The van der Waals surface area contributed by atoms with E-state index in [1.807, 2.05) is 6.92 Å². The molecule has 1 aliphatic heterocycles. The fraction of sp³-hybridized carbons (Fsp3) is 0.375. The van der Waals surface area contributed by atoms with Crippen LogP contribution in [0.1, 0.15) is 34.3 Å². The number of hydrogen-bond acceptors (Lipinski definition) is 4. The lowest BCUT2D eigenvalue weighted by Gasteiger charge is -2.34. The smallest absolute Gasteiger partial charge is 0.289 e. The number of para-hydroxylation sites is 1. The lowest BCUT2D eigenvalue weighted by molar-refractivity contribution is -0.132. The van der Waals surface area contributed by atoms with Crippen LogP contribution in [0.3, 0.4) is 0 Å². The van der Waals surface area contributed by atoms with Crippen LogP contribution in [0.15, 0.2) is 18.2 Å². The number of nitrogens with two attached hydrogens (primary N) is 1. The Labute approximate surface area is 138 Å². The standard InChI is InChI=1S/C16H19N5O3/c1-2-12(22)20-6-8-21(9-7-20)16(24)15-18-11-5-3-4-10(14(17)23)13(11)19-15/h3-5H,2,6-9H2,1H3,(H2,17,23)(H,18,19). The van der Waals surface area contributed by atoms with Gasteiger partial charge in [0.05, 0.1) is 11.1 Å². The summed E-state index contributed by atoms with van der Waals surface area (Å²) in [5.41, 5.74) is 6.61. The van der Waals surface area contributed by atoms with Crippen LogP contribution in [0.2, 0.25) is 0 Å². The molecule has 0 unspecified atom stereocenters. The Bertz CT molecular complexity index is 805. The van der Waals surface area contributed by atoms with Crippen LogP contribution in [0, 0.1) is 0 Å². The summed E-state index contributed by atoms with van der Waals surface area (Å²) in [5.74, 6) is -0.561. The van der Waals surface area contributed by atoms with Crippen LogP contribution in [0.4, 0.5) is 0 Å². The van der Waals surface area contributed by atoms with Crippen molar-refractivity contribution in [2.75, 3.05) is 26.2 Å². The first-order chi connectivity index (χ1) is 11.5. The van der Waals surface area contributed by atoms with Gasteiger partial charge in [-0.1, -0.05) is 13.0 Å². The molecule has 8 heteroatoms. The Hall–Kier alpha value is -2.90. The van der Waals surface area contributed by atoms with Crippen molar-refractivity contribution in [1.29, 1.82) is 0 Å². The first-order valence-electron chi connectivity index (χ1n) is 7.87. The highest BCUT2D eigenvalue weighted by atomic mass is 16.2. The van der Waals surface area contributed by atoms with Crippen molar-refractivity contribution in [3.63, 3.8) is 0 Å². The zero-order chi connectivity index (χ0) is 17.3. The van der Waals surface area contributed by atoms with Gasteiger partial charge in [0, 0.05) is 32.6 Å². The Balaban J connectivity index is 1.79. The zero-order valence-electron chi connectivity index (χ0n) is 13.4. The molecule has 1 aromatic heterocycles. The molecule has 0 spiro atoms. The van der Waals surface area contributed by atoms with Crippen molar-refractivity contribution in [3.8, 4) is 0 Å². The van der Waals surface area contributed by atoms with Gasteiger partial charge >= 0.3 is 0 Å². The van der Waals surface area contributed by atoms with Crippen molar-refractivity contribution < 1.29 is 14.4 Å². The summed E-state index contributed by atoms with van der Waals surface area (Å²) in [6.07, 6.45) is 0.466. The molecule has 126 valence electrons. The van der Waals surface area contributed by atoms with Gasteiger partial charge in [0.2, 0.25) is 5.91 Å². The normalized spacial score (nSPS) is 14.9. The SMILES string of the molecule is CCC(=O)N1CCN(C(=O)c2nc3c(C(N)=O)cccc3[nH]2)CC1. The van der Waals surface area contributed by atoms with Gasteiger partial charge in [-0.05, 0) is 12.1 Å². The third-order valence-electron chi connectivity index (χ3n) is 4.20. The number of benzene rings is 1. The summed E-state index contributed by atoms with van der Waals surface area (Å²) in [6.45, 7) is 3.79. The second kappa shape index (κ2) is 6.31. The summed E-state index contributed by atoms with van der Waals surface area (Å²) in [4.78, 5) is 46.4. The number of aromatic nitrogens is 2. The number of fused-ring (bicyclic) bond motifs is 1. The molecule has 3 amide bonds. The van der Waals surface area contributed by atoms with Crippen LogP contribution >= 0.6 is 0 Å². The Morgan fingerprint density at radius 2 is 1.83 bits per heavy atom. The van der Waals surface area contributed by atoms with Gasteiger partial charge < -0.3 is 20.5 Å². The summed E-state index contributed by atoms with van der Waals surface area (Å²) >= 11 is 0. The molecular weight excluding hydrogens is 310 g/mol. The summed E-state index contributed by atoms with van der Waals surface area (Å²) in [5, 5.41) is 0. The quantitative estimate of drug-likeness (QED) is 0.846. The monoisotopic (exact) mass is 329 g/mol. The highest BCUT2D eigenvalue weighted by Crippen LogP contribution is 2.17. The van der Waals surface area contributed by atoms with E-state index in [2.05, 4.69) is 9.97 Å². The van der Waals surface area contributed by atoms with Gasteiger partial charge in [-0.2, -0.15) is 0 Å². The predicted octanol–water partition coefficient (Wildman–Crippen LogP) is 0.356. The van der Waals surface area contributed by atoms with Crippen molar-refractivity contribution >= 4 is 28.8 Å². The molecule has 1 aromatic carbocycles. The van der Waals surface area contributed by atoms with Crippen LogP contribution in [-0.2, 0) is 4.79 Å². The van der Waals surface area contributed by atoms with Crippen molar-refractivity contribution in [1.82, 2.24) is 19.8 Å². The second-order valence-corrected chi connectivity index (χ2v) is 5.68. The molecule has 8 nitrogen and oxygen atoms in total. The number of rotatable bonds is 3. The van der Waals surface area contributed by atoms with E-state index in [9.17, 15) is 14.4 Å². The zero-order valence-corrected chi connectivity index (χ0v) is 13.4. The molecule has 0 radical (unpaired) electrons. The summed E-state index contributed by atoms with van der Waals surface area (Å²) in [7, 11) is 0. The number of nitrogens with one attached hydrogen (secondary N) is 1. The van der Waals surface area contributed by atoms with E-state index in [0.717, 1.165) is 0 Å². The van der Waals surface area contributed by atoms with E-state index in [4.69, 9.17) is 5.73 Å². The maximum atomic E-state index is 12.6. The van der Waals surface area contributed by atoms with Gasteiger partial charge in [-0.3, -0.25) is 14.4 Å². The number of hydrogen-bond donors (Lipinski definition) is 2. The van der Waals surface area contributed by atoms with Crippen molar-refractivity contribution in [3.05, 3.63) is 29.6 Å². The number of amides is 3. The van der Waals surface area contributed by atoms with Crippen LogP contribution in [-0.4, -0.2) is 63.7 Å². The summed E-state index contributed by atoms with van der Waals surface area (Å²) < 4.78 is 0. The first-order valence-corrected chi connectivity index (χ1v) is 7.87. The second-order valence-electron chi connectivity index (χ2n) is 5.68. The molecule has 0 atom stereocenters. The largest absolute Gasteiger partial charge is 0.366 e. The molecule has 1 aliphatic rings. The molecular formula is C16H19N5O3. The maximum absolute atomic E-state index is 12.6. The van der Waals surface area contributed by atoms with Crippen LogP contribution in [0.25, 0.3) is 11.0 Å². The average molecular weight is 329 g/mol. The Kier molecular flexibility index (Phi) is 4.20. The number of imidazole rings is 1. The minimum Gasteiger partial charge on any atom is -0.366 e. The lowest BCUT2D eigenvalue weighted by Crippen LogP contribution is -2.50. The fourth-order valence-corrected chi connectivity index (χ4v) is 2.86. The number of H-pyrrole nitrogens is 1. The third kappa shape index (κ3) is 2.82. The van der Waals surface area contributed by atoms with Crippen LogP contribution < -0.4 is 5.73 Å². The average Bonchev–Trinajstić information content (AvgIpc) is 3.04. The van der Waals surface area contributed by atoms with E-state index in [0.29, 0.717) is 43.6 Å². The van der Waals surface area contributed by atoms with Crippen LogP contribution in [0.5, 0.6) is 0 Å². The van der Waals surface area contributed by atoms with Crippen molar-refractivity contribution in [2.24, 2.45) is 5.73 Å². The number of aromatic amines is 1. The number of nitrogens with zero attached hydrogens (tertiary/aromatic N) is 3. The molecule has 2 heterocycles. The Morgan fingerprint density at radius 1 is 1.17 bits per heavy atom. The molecule has 1 fully saturated rings. The number of piperazine rings is 1. The van der Waals surface area contributed by atoms with Gasteiger partial charge in [-0.25, -0.2) is 4.98 Å². The highest BCUT2D eigenvalue weighted by molar-refractivity contribution is 6.05. The third-order valence-corrected chi connectivity index (χ3v) is 4.20. The molecule has 0 aliphatic carbocycles. The number of carbonyl (C=O) groups is 3. The minimum atomic E-state index is -0.585. The fourth-order valence-electron chi connectivity index (χ4n) is 2.86. The van der Waals surface area contributed by atoms with Gasteiger partial charge in [0.15, 0.2) is 5.82 Å². The predicted molar refractivity (Wildman–Crippen MR) is 87.4 cm³/mol. The number of carbonyl (C=O) groups excluding carboxylic acids is 3. The molecule has 3 N–H and O–H groups in total. The van der Waals surface area contributed by atoms with E-state index in [-0.39, 0.29) is 23.2 Å². The lowest BCUT2D eigenvalue weighted by atomic mass is 10.2. The number of primary amides is 1. The van der Waals surface area contributed by atoms with Crippen molar-refractivity contribution in [2.45, 2.75) is 13.3 Å². The molecule has 0 bridgehead atoms. The minimum absolute atomic E-state index is 0.0944. The molecule has 3 rings (SSSR count). The van der Waals surface area contributed by atoms with E-state index in [1.165, 1.54) is 0 Å². The summed E-state index contributed by atoms with van der Waals surface area (Å²) in [6, 6.07) is 5.00. The molecule has 1 saturated heterocycles. The maximum Gasteiger partial charge on any atom is 0.289 e. The molecule has 2 aromatic rings. The molecule has 24 heavy (non-hydrogen) atoms. The van der Waals surface area contributed by atoms with E-state index < -0.39 is 5.91 Å². The van der Waals surface area contributed by atoms with Gasteiger partial charge in [0.25, 0.3) is 11.8 Å². The first kappa shape index (κ1) is 16.0. The van der Waals surface area contributed by atoms with Gasteiger partial charge in [-0.15, -0.1) is 0 Å². The van der Waals surface area contributed by atoms with E-state index >= 15 is 0 Å².